The Morgan fingerprint density at radius 3 is 2.82 bits per heavy atom. The summed E-state index contributed by atoms with van der Waals surface area (Å²) in [6, 6.07) is 0.149. The molecule has 2 N–H and O–H groups in total. The average Bonchev–Trinajstić information content (AvgIpc) is 2.01. The van der Waals surface area contributed by atoms with Gasteiger partial charge in [-0.2, -0.15) is 0 Å². The monoisotopic (exact) mass is 155 g/mol. The van der Waals surface area contributed by atoms with Gasteiger partial charge in [-0.15, -0.1) is 11.8 Å². The molecule has 0 saturated carbocycles. The van der Waals surface area contributed by atoms with E-state index in [2.05, 4.69) is 11.8 Å². The molecule has 2 nitrogen and oxygen atoms in total. The van der Waals surface area contributed by atoms with Crippen molar-refractivity contribution < 1.29 is 4.74 Å². The molecule has 0 fully saturated rings. The first-order valence-corrected chi connectivity index (χ1v) is 4.04. The SMILES string of the molecule is CC#CCCC(N)COCC. The molecule has 0 amide bonds. The van der Waals surface area contributed by atoms with Crippen LogP contribution < -0.4 is 5.73 Å². The van der Waals surface area contributed by atoms with E-state index < -0.39 is 0 Å². The molecule has 0 rings (SSSR count). The van der Waals surface area contributed by atoms with Crippen LogP contribution in [0.25, 0.3) is 0 Å². The summed E-state index contributed by atoms with van der Waals surface area (Å²) >= 11 is 0. The van der Waals surface area contributed by atoms with Gasteiger partial charge in [-0.3, -0.25) is 0 Å². The van der Waals surface area contributed by atoms with Crippen LogP contribution >= 0.6 is 0 Å². The first-order valence-electron chi connectivity index (χ1n) is 4.04. The lowest BCUT2D eigenvalue weighted by molar-refractivity contribution is 0.131. The third-order valence-corrected chi connectivity index (χ3v) is 1.35. The van der Waals surface area contributed by atoms with Crippen LogP contribution in [0.2, 0.25) is 0 Å². The van der Waals surface area contributed by atoms with Crippen molar-refractivity contribution in [1.29, 1.82) is 0 Å². The van der Waals surface area contributed by atoms with Gasteiger partial charge in [-0.05, 0) is 20.3 Å². The van der Waals surface area contributed by atoms with Crippen molar-refractivity contribution in [3.63, 3.8) is 0 Å². The fourth-order valence-electron chi connectivity index (χ4n) is 0.735. The van der Waals surface area contributed by atoms with Crippen LogP contribution in [0.4, 0.5) is 0 Å². The minimum atomic E-state index is 0.149. The molecule has 0 spiro atoms. The zero-order chi connectivity index (χ0) is 8.53. The third-order valence-electron chi connectivity index (χ3n) is 1.35. The highest BCUT2D eigenvalue weighted by atomic mass is 16.5. The molecule has 0 aliphatic rings. The van der Waals surface area contributed by atoms with Gasteiger partial charge in [0.1, 0.15) is 0 Å². The van der Waals surface area contributed by atoms with Crippen LogP contribution in [0.3, 0.4) is 0 Å². The summed E-state index contributed by atoms with van der Waals surface area (Å²) in [6.07, 6.45) is 1.81. The molecule has 1 atom stereocenters. The molecule has 0 aromatic heterocycles. The molecule has 0 aliphatic carbocycles. The van der Waals surface area contributed by atoms with Gasteiger partial charge in [-0.25, -0.2) is 0 Å². The van der Waals surface area contributed by atoms with Crippen LogP contribution in [0.1, 0.15) is 26.7 Å². The van der Waals surface area contributed by atoms with Crippen molar-refractivity contribution in [2.24, 2.45) is 5.73 Å². The maximum atomic E-state index is 5.71. The number of hydrogen-bond acceptors (Lipinski definition) is 2. The Hall–Kier alpha value is -0.520. The van der Waals surface area contributed by atoms with E-state index in [0.717, 1.165) is 19.4 Å². The largest absolute Gasteiger partial charge is 0.380 e. The summed E-state index contributed by atoms with van der Waals surface area (Å²) in [7, 11) is 0. The Bertz CT molecular complexity index is 134. The molecule has 64 valence electrons. The Kier molecular flexibility index (Phi) is 7.23. The second kappa shape index (κ2) is 7.59. The van der Waals surface area contributed by atoms with Gasteiger partial charge >= 0.3 is 0 Å². The van der Waals surface area contributed by atoms with Crippen LogP contribution in [-0.4, -0.2) is 19.3 Å². The fraction of sp³-hybridized carbons (Fsp3) is 0.778. The van der Waals surface area contributed by atoms with E-state index in [-0.39, 0.29) is 6.04 Å². The highest BCUT2D eigenvalue weighted by Crippen LogP contribution is 1.93. The lowest BCUT2D eigenvalue weighted by Gasteiger charge is -2.08. The van der Waals surface area contributed by atoms with Gasteiger partial charge in [-0.1, -0.05) is 0 Å². The normalized spacial score (nSPS) is 11.9. The van der Waals surface area contributed by atoms with Crippen molar-refractivity contribution in [3.8, 4) is 11.8 Å². The standard InChI is InChI=1S/C9H17NO/c1-3-5-6-7-9(10)8-11-4-2/h9H,4,6-8,10H2,1-2H3. The van der Waals surface area contributed by atoms with Crippen molar-refractivity contribution in [2.45, 2.75) is 32.7 Å². The molecule has 1 unspecified atom stereocenters. The molecule has 2 heteroatoms. The molecule has 0 bridgehead atoms. The number of ether oxygens (including phenoxy) is 1. The zero-order valence-corrected chi connectivity index (χ0v) is 7.39. The molecule has 0 aromatic carbocycles. The van der Waals surface area contributed by atoms with Crippen LogP contribution in [-0.2, 0) is 4.74 Å². The number of rotatable bonds is 5. The molecule has 0 aliphatic heterocycles. The van der Waals surface area contributed by atoms with E-state index in [0.29, 0.717) is 6.61 Å². The molecular weight excluding hydrogens is 138 g/mol. The molecule has 0 heterocycles. The molecule has 11 heavy (non-hydrogen) atoms. The van der Waals surface area contributed by atoms with Crippen molar-refractivity contribution in [2.75, 3.05) is 13.2 Å². The fourth-order valence-corrected chi connectivity index (χ4v) is 0.735. The summed E-state index contributed by atoms with van der Waals surface area (Å²) in [6.45, 7) is 5.21. The van der Waals surface area contributed by atoms with E-state index in [1.54, 1.807) is 0 Å². The molecule has 0 aromatic rings. The predicted molar refractivity (Wildman–Crippen MR) is 47.2 cm³/mol. The smallest absolute Gasteiger partial charge is 0.0617 e. The highest BCUT2D eigenvalue weighted by molar-refractivity contribution is 4.95. The van der Waals surface area contributed by atoms with Gasteiger partial charge in [0.25, 0.3) is 0 Å². The Morgan fingerprint density at radius 1 is 1.55 bits per heavy atom. The van der Waals surface area contributed by atoms with Crippen molar-refractivity contribution >= 4 is 0 Å². The van der Waals surface area contributed by atoms with Gasteiger partial charge in [0.05, 0.1) is 6.61 Å². The first kappa shape index (κ1) is 10.5. The number of hydrogen-bond donors (Lipinski definition) is 1. The molecular formula is C9H17NO. The van der Waals surface area contributed by atoms with Gasteiger partial charge in [0, 0.05) is 19.1 Å². The Morgan fingerprint density at radius 2 is 2.27 bits per heavy atom. The Balaban J connectivity index is 3.19. The quantitative estimate of drug-likeness (QED) is 0.604. The Labute approximate surface area is 69.1 Å². The van der Waals surface area contributed by atoms with Gasteiger partial charge < -0.3 is 10.5 Å². The third kappa shape index (κ3) is 7.38. The maximum Gasteiger partial charge on any atom is 0.0617 e. The van der Waals surface area contributed by atoms with E-state index >= 15 is 0 Å². The van der Waals surface area contributed by atoms with Crippen LogP contribution in [0.15, 0.2) is 0 Å². The summed E-state index contributed by atoms with van der Waals surface area (Å²) in [5.41, 5.74) is 5.71. The van der Waals surface area contributed by atoms with E-state index in [1.807, 2.05) is 13.8 Å². The van der Waals surface area contributed by atoms with Crippen molar-refractivity contribution in [3.05, 3.63) is 0 Å². The van der Waals surface area contributed by atoms with Crippen LogP contribution in [0.5, 0.6) is 0 Å². The average molecular weight is 155 g/mol. The summed E-state index contributed by atoms with van der Waals surface area (Å²) in [5.74, 6) is 5.80. The minimum Gasteiger partial charge on any atom is -0.380 e. The second-order valence-electron chi connectivity index (χ2n) is 2.38. The maximum absolute atomic E-state index is 5.71. The topological polar surface area (TPSA) is 35.2 Å². The lowest BCUT2D eigenvalue weighted by Crippen LogP contribution is -2.25. The van der Waals surface area contributed by atoms with Gasteiger partial charge in [0.2, 0.25) is 0 Å². The second-order valence-corrected chi connectivity index (χ2v) is 2.38. The molecule has 0 radical (unpaired) electrons. The summed E-state index contributed by atoms with van der Waals surface area (Å²) in [4.78, 5) is 0. The number of nitrogens with two attached hydrogens (primary N) is 1. The van der Waals surface area contributed by atoms with Gasteiger partial charge in [0.15, 0.2) is 0 Å². The van der Waals surface area contributed by atoms with E-state index in [4.69, 9.17) is 10.5 Å². The summed E-state index contributed by atoms with van der Waals surface area (Å²) in [5, 5.41) is 0. The lowest BCUT2D eigenvalue weighted by atomic mass is 10.2. The predicted octanol–water partition coefficient (Wildman–Crippen LogP) is 1.15. The van der Waals surface area contributed by atoms with Crippen molar-refractivity contribution in [1.82, 2.24) is 0 Å². The minimum absolute atomic E-state index is 0.149. The first-order chi connectivity index (χ1) is 5.31. The highest BCUT2D eigenvalue weighted by Gasteiger charge is 1.99. The zero-order valence-electron chi connectivity index (χ0n) is 7.39. The van der Waals surface area contributed by atoms with Crippen LogP contribution in [0, 0.1) is 11.8 Å². The summed E-state index contributed by atoms with van der Waals surface area (Å²) < 4.78 is 5.15. The van der Waals surface area contributed by atoms with E-state index in [9.17, 15) is 0 Å². The molecule has 0 saturated heterocycles. The van der Waals surface area contributed by atoms with E-state index in [1.165, 1.54) is 0 Å².